The predicted octanol–water partition coefficient (Wildman–Crippen LogP) is 3.31. The van der Waals surface area contributed by atoms with E-state index < -0.39 is 0 Å². The van der Waals surface area contributed by atoms with Gasteiger partial charge >= 0.3 is 0 Å². The summed E-state index contributed by atoms with van der Waals surface area (Å²) in [7, 11) is 0. The highest BCUT2D eigenvalue weighted by Gasteiger charge is 2.08. The van der Waals surface area contributed by atoms with E-state index in [1.165, 1.54) is 57.3 Å². The molecule has 0 aromatic heterocycles. The second-order valence-corrected chi connectivity index (χ2v) is 4.65. The van der Waals surface area contributed by atoms with Crippen LogP contribution in [0.1, 0.15) is 31.2 Å². The van der Waals surface area contributed by atoms with E-state index in [1.807, 2.05) is 0 Å². The molecule has 1 aromatic carbocycles. The zero-order valence-corrected chi connectivity index (χ0v) is 10.1. The van der Waals surface area contributed by atoms with Crippen LogP contribution in [0.25, 0.3) is 0 Å². The van der Waals surface area contributed by atoms with Gasteiger partial charge in [0.2, 0.25) is 0 Å². The van der Waals surface area contributed by atoms with Crippen molar-refractivity contribution in [3.8, 4) is 0 Å². The molecule has 1 aliphatic heterocycles. The van der Waals surface area contributed by atoms with Crippen molar-refractivity contribution in [1.82, 2.24) is 4.90 Å². The van der Waals surface area contributed by atoms with Crippen LogP contribution in [0.5, 0.6) is 0 Å². The SMILES string of the molecule is [CH]1CCN(CCCCc2ccccc2)CC1. The number of rotatable bonds is 5. The molecule has 0 spiro atoms. The zero-order chi connectivity index (χ0) is 11.1. The summed E-state index contributed by atoms with van der Waals surface area (Å²) in [6.07, 6.45) is 8.90. The molecule has 0 bridgehead atoms. The second kappa shape index (κ2) is 6.70. The highest BCUT2D eigenvalue weighted by atomic mass is 15.1. The van der Waals surface area contributed by atoms with Gasteiger partial charge in [0, 0.05) is 0 Å². The van der Waals surface area contributed by atoms with E-state index in [0.717, 1.165) is 0 Å². The largest absolute Gasteiger partial charge is 0.303 e. The predicted molar refractivity (Wildman–Crippen MR) is 69.4 cm³/mol. The van der Waals surface area contributed by atoms with Crippen LogP contribution in [0.2, 0.25) is 0 Å². The fraction of sp³-hybridized carbons (Fsp3) is 0.533. The fourth-order valence-corrected chi connectivity index (χ4v) is 2.34. The molecule has 1 heterocycles. The molecule has 1 saturated heterocycles. The lowest BCUT2D eigenvalue weighted by Crippen LogP contribution is -2.30. The van der Waals surface area contributed by atoms with Crippen molar-refractivity contribution in [2.24, 2.45) is 0 Å². The molecular formula is C15H22N. The molecule has 1 nitrogen and oxygen atoms in total. The minimum Gasteiger partial charge on any atom is -0.303 e. The molecule has 87 valence electrons. The minimum atomic E-state index is 1.24. The van der Waals surface area contributed by atoms with E-state index in [9.17, 15) is 0 Å². The Bertz CT molecular complexity index is 275. The van der Waals surface area contributed by atoms with Crippen molar-refractivity contribution in [2.45, 2.75) is 32.1 Å². The summed E-state index contributed by atoms with van der Waals surface area (Å²) in [6.45, 7) is 3.86. The molecule has 16 heavy (non-hydrogen) atoms. The number of nitrogens with zero attached hydrogens (tertiary/aromatic N) is 1. The third-order valence-electron chi connectivity index (χ3n) is 3.33. The first-order valence-corrected chi connectivity index (χ1v) is 6.53. The fourth-order valence-electron chi connectivity index (χ4n) is 2.34. The van der Waals surface area contributed by atoms with Crippen molar-refractivity contribution in [1.29, 1.82) is 0 Å². The van der Waals surface area contributed by atoms with E-state index in [2.05, 4.69) is 41.7 Å². The van der Waals surface area contributed by atoms with E-state index >= 15 is 0 Å². The van der Waals surface area contributed by atoms with E-state index in [-0.39, 0.29) is 0 Å². The van der Waals surface area contributed by atoms with Crippen LogP contribution in [0.4, 0.5) is 0 Å². The topological polar surface area (TPSA) is 3.24 Å². The molecule has 0 unspecified atom stereocenters. The summed E-state index contributed by atoms with van der Waals surface area (Å²) in [6, 6.07) is 10.8. The van der Waals surface area contributed by atoms with Crippen LogP contribution in [0, 0.1) is 6.42 Å². The molecule has 1 radical (unpaired) electrons. The van der Waals surface area contributed by atoms with Crippen LogP contribution in [-0.4, -0.2) is 24.5 Å². The highest BCUT2D eigenvalue weighted by molar-refractivity contribution is 5.14. The molecule has 0 N–H and O–H groups in total. The summed E-state index contributed by atoms with van der Waals surface area (Å²) < 4.78 is 0. The molecule has 1 aromatic rings. The van der Waals surface area contributed by atoms with Crippen molar-refractivity contribution >= 4 is 0 Å². The summed E-state index contributed by atoms with van der Waals surface area (Å²) in [5, 5.41) is 0. The van der Waals surface area contributed by atoms with Crippen LogP contribution in [-0.2, 0) is 6.42 Å². The molecular weight excluding hydrogens is 194 g/mol. The van der Waals surface area contributed by atoms with Crippen LogP contribution >= 0.6 is 0 Å². The third kappa shape index (κ3) is 3.97. The number of aryl methyl sites for hydroxylation is 1. The summed E-state index contributed by atoms with van der Waals surface area (Å²) in [5.41, 5.74) is 1.48. The number of benzene rings is 1. The quantitative estimate of drug-likeness (QED) is 0.683. The Kier molecular flexibility index (Phi) is 4.88. The van der Waals surface area contributed by atoms with E-state index in [1.54, 1.807) is 0 Å². The standard InChI is InChI=1S/C15H22N/c1-3-9-15(10-4-1)11-5-8-14-16-12-6-2-7-13-16/h1-4,9-10H,5-8,11-14H2. The highest BCUT2D eigenvalue weighted by Crippen LogP contribution is 2.10. The third-order valence-corrected chi connectivity index (χ3v) is 3.33. The lowest BCUT2D eigenvalue weighted by molar-refractivity contribution is 0.249. The Morgan fingerprint density at radius 2 is 1.69 bits per heavy atom. The first-order valence-electron chi connectivity index (χ1n) is 6.53. The number of hydrogen-bond acceptors (Lipinski definition) is 1. The molecule has 2 rings (SSSR count). The lowest BCUT2D eigenvalue weighted by Gasteiger charge is -2.26. The Hall–Kier alpha value is -0.820. The first-order chi connectivity index (χ1) is 7.95. The van der Waals surface area contributed by atoms with Gasteiger partial charge in [-0.05, 0) is 63.7 Å². The van der Waals surface area contributed by atoms with Gasteiger partial charge < -0.3 is 4.90 Å². The summed E-state index contributed by atoms with van der Waals surface area (Å²) >= 11 is 0. The van der Waals surface area contributed by atoms with Gasteiger partial charge in [-0.25, -0.2) is 0 Å². The van der Waals surface area contributed by atoms with Gasteiger partial charge in [0.25, 0.3) is 0 Å². The molecule has 1 fully saturated rings. The number of piperidine rings is 1. The van der Waals surface area contributed by atoms with Crippen molar-refractivity contribution < 1.29 is 0 Å². The minimum absolute atomic E-state index is 1.24. The maximum Gasteiger partial charge on any atom is -0.00160 e. The van der Waals surface area contributed by atoms with Gasteiger partial charge in [-0.1, -0.05) is 30.3 Å². The van der Waals surface area contributed by atoms with Crippen LogP contribution < -0.4 is 0 Å². The molecule has 0 amide bonds. The Morgan fingerprint density at radius 3 is 2.44 bits per heavy atom. The average Bonchev–Trinajstić information content (AvgIpc) is 2.37. The van der Waals surface area contributed by atoms with Gasteiger partial charge in [0.05, 0.1) is 0 Å². The maximum atomic E-state index is 2.60. The molecule has 0 aliphatic carbocycles. The van der Waals surface area contributed by atoms with Gasteiger partial charge in [-0.15, -0.1) is 0 Å². The number of hydrogen-bond donors (Lipinski definition) is 0. The second-order valence-electron chi connectivity index (χ2n) is 4.65. The van der Waals surface area contributed by atoms with Gasteiger partial charge in [0.15, 0.2) is 0 Å². The van der Waals surface area contributed by atoms with Crippen molar-refractivity contribution in [3.05, 3.63) is 42.3 Å². The van der Waals surface area contributed by atoms with Gasteiger partial charge in [0.1, 0.15) is 0 Å². The lowest BCUT2D eigenvalue weighted by atomic mass is 10.1. The normalized spacial score (nSPS) is 17.5. The van der Waals surface area contributed by atoms with E-state index in [4.69, 9.17) is 0 Å². The molecule has 0 atom stereocenters. The smallest absolute Gasteiger partial charge is 0.00160 e. The molecule has 1 aliphatic rings. The van der Waals surface area contributed by atoms with Crippen LogP contribution in [0.15, 0.2) is 30.3 Å². The summed E-state index contributed by atoms with van der Waals surface area (Å²) in [4.78, 5) is 2.60. The van der Waals surface area contributed by atoms with Gasteiger partial charge in [-0.2, -0.15) is 0 Å². The molecule has 0 saturated carbocycles. The monoisotopic (exact) mass is 216 g/mol. The summed E-state index contributed by atoms with van der Waals surface area (Å²) in [5.74, 6) is 0. The van der Waals surface area contributed by atoms with Gasteiger partial charge in [-0.3, -0.25) is 0 Å². The van der Waals surface area contributed by atoms with Crippen LogP contribution in [0.3, 0.4) is 0 Å². The Labute approximate surface area is 99.5 Å². The Morgan fingerprint density at radius 1 is 0.938 bits per heavy atom. The van der Waals surface area contributed by atoms with E-state index in [0.29, 0.717) is 0 Å². The maximum absolute atomic E-state index is 2.60. The molecule has 1 heteroatoms. The Balaban J connectivity index is 1.58. The first kappa shape index (κ1) is 11.7. The average molecular weight is 216 g/mol. The number of likely N-dealkylation sites (tertiary alicyclic amines) is 1. The van der Waals surface area contributed by atoms with Crippen molar-refractivity contribution in [3.63, 3.8) is 0 Å². The number of unbranched alkanes of at least 4 members (excludes halogenated alkanes) is 1. The van der Waals surface area contributed by atoms with Crippen molar-refractivity contribution in [2.75, 3.05) is 19.6 Å². The zero-order valence-electron chi connectivity index (χ0n) is 10.1.